The first-order valence-corrected chi connectivity index (χ1v) is 17.0. The number of aromatic nitrogens is 4. The second-order valence-corrected chi connectivity index (χ2v) is 13.3. The van der Waals surface area contributed by atoms with Gasteiger partial charge < -0.3 is 19.1 Å². The summed E-state index contributed by atoms with van der Waals surface area (Å²) < 4.78 is 9.17. The number of amides is 2. The van der Waals surface area contributed by atoms with Crippen molar-refractivity contribution in [1.82, 2.24) is 28.9 Å². The van der Waals surface area contributed by atoms with Crippen molar-refractivity contribution in [2.45, 2.75) is 52.1 Å². The zero-order chi connectivity index (χ0) is 32.0. The van der Waals surface area contributed by atoms with Gasteiger partial charge in [-0.15, -0.1) is 11.3 Å². The molecule has 6 rings (SSSR count). The Balaban J connectivity index is 1.11. The largest absolute Gasteiger partial charge is 0.385 e. The van der Waals surface area contributed by atoms with Crippen LogP contribution in [0.15, 0.2) is 78.8 Å². The highest BCUT2D eigenvalue weighted by Gasteiger charge is 2.26. The lowest BCUT2D eigenvalue weighted by atomic mass is 9.96. The Kier molecular flexibility index (Phi) is 9.94. The summed E-state index contributed by atoms with van der Waals surface area (Å²) in [5.41, 5.74) is 3.67. The van der Waals surface area contributed by atoms with Crippen LogP contribution in [0, 0.1) is 5.92 Å². The topological polar surface area (TPSA) is 85.5 Å². The van der Waals surface area contributed by atoms with Gasteiger partial charge in [0.1, 0.15) is 5.69 Å². The summed E-state index contributed by atoms with van der Waals surface area (Å²) in [5, 5.41) is 5.22. The summed E-state index contributed by atoms with van der Waals surface area (Å²) in [6.45, 7) is 8.03. The van der Waals surface area contributed by atoms with Gasteiger partial charge in [-0.25, -0.2) is 14.8 Å². The summed E-state index contributed by atoms with van der Waals surface area (Å²) >= 11 is 1.56. The fraction of sp³-hybridized carbons (Fsp3) is 0.389. The van der Waals surface area contributed by atoms with E-state index < -0.39 is 0 Å². The van der Waals surface area contributed by atoms with Crippen molar-refractivity contribution in [3.63, 3.8) is 0 Å². The van der Waals surface area contributed by atoms with Crippen molar-refractivity contribution in [2.24, 2.45) is 5.92 Å². The van der Waals surface area contributed by atoms with Crippen molar-refractivity contribution < 1.29 is 14.3 Å². The number of hydrogen-bond acceptors (Lipinski definition) is 6. The molecule has 9 nitrogen and oxygen atoms in total. The maximum absolute atomic E-state index is 13.9. The van der Waals surface area contributed by atoms with E-state index in [1.807, 2.05) is 58.3 Å². The molecule has 240 valence electrons. The molecule has 46 heavy (non-hydrogen) atoms. The number of carbonyl (C=O) groups excluding carboxylic acids is 2. The number of benzene rings is 2. The molecule has 2 aromatic carbocycles. The number of piperidine rings is 1. The molecule has 0 saturated carbocycles. The first kappa shape index (κ1) is 31.7. The van der Waals surface area contributed by atoms with Crippen LogP contribution in [0.1, 0.15) is 60.2 Å². The highest BCUT2D eigenvalue weighted by molar-refractivity contribution is 7.09. The summed E-state index contributed by atoms with van der Waals surface area (Å²) in [7, 11) is 1.68. The van der Waals surface area contributed by atoms with E-state index in [0.717, 1.165) is 66.1 Å². The summed E-state index contributed by atoms with van der Waals surface area (Å²) in [6, 6.07) is 16.5. The molecule has 0 bridgehead atoms. The van der Waals surface area contributed by atoms with Crippen LogP contribution in [0.25, 0.3) is 21.9 Å². The highest BCUT2D eigenvalue weighted by Crippen LogP contribution is 2.29. The summed E-state index contributed by atoms with van der Waals surface area (Å²) in [4.78, 5) is 39.8. The molecule has 4 heterocycles. The van der Waals surface area contributed by atoms with Crippen LogP contribution >= 0.6 is 11.3 Å². The highest BCUT2D eigenvalue weighted by atomic mass is 32.1. The van der Waals surface area contributed by atoms with Gasteiger partial charge in [0.25, 0.3) is 5.91 Å². The molecule has 2 amide bonds. The van der Waals surface area contributed by atoms with Crippen LogP contribution in [0.5, 0.6) is 0 Å². The maximum Gasteiger partial charge on any atom is 0.328 e. The Morgan fingerprint density at radius 1 is 1.09 bits per heavy atom. The first-order chi connectivity index (χ1) is 22.4. The fourth-order valence-corrected chi connectivity index (χ4v) is 7.02. The number of carbonyl (C=O) groups is 2. The molecule has 5 aromatic rings. The number of imidazole rings is 1. The van der Waals surface area contributed by atoms with Gasteiger partial charge in [0, 0.05) is 75.3 Å². The zero-order valence-corrected chi connectivity index (χ0v) is 27.7. The minimum atomic E-state index is -0.0789. The molecular formula is C36H42N6O3S. The van der Waals surface area contributed by atoms with E-state index in [2.05, 4.69) is 58.7 Å². The normalized spacial score (nSPS) is 14.0. The number of fused-ring (bicyclic) bond motifs is 1. The Hall–Kier alpha value is -4.28. The second-order valence-electron chi connectivity index (χ2n) is 12.4. The minimum Gasteiger partial charge on any atom is -0.385 e. The van der Waals surface area contributed by atoms with Gasteiger partial charge in [0.15, 0.2) is 0 Å². The zero-order valence-electron chi connectivity index (χ0n) is 26.8. The molecule has 0 N–H and O–H groups in total. The Morgan fingerprint density at radius 3 is 2.67 bits per heavy atom. The number of nitrogens with zero attached hydrogens (tertiary/aromatic N) is 6. The molecule has 10 heteroatoms. The fourth-order valence-electron chi connectivity index (χ4n) is 6.21. The molecule has 0 atom stereocenters. The van der Waals surface area contributed by atoms with Crippen molar-refractivity contribution in [2.75, 3.05) is 33.4 Å². The van der Waals surface area contributed by atoms with Gasteiger partial charge in [-0.05, 0) is 47.6 Å². The Morgan fingerprint density at radius 2 is 1.89 bits per heavy atom. The molecule has 1 aliphatic rings. The number of ether oxygens (including phenoxy) is 1. The van der Waals surface area contributed by atoms with Crippen molar-refractivity contribution >= 4 is 34.0 Å². The van der Waals surface area contributed by atoms with Gasteiger partial charge in [-0.1, -0.05) is 56.3 Å². The summed E-state index contributed by atoms with van der Waals surface area (Å²) in [5.74, 6) is 0.774. The average molecular weight is 639 g/mol. The van der Waals surface area contributed by atoms with Crippen molar-refractivity contribution in [3.05, 3.63) is 95.2 Å². The molecule has 1 fully saturated rings. The molecular weight excluding hydrogens is 597 g/mol. The van der Waals surface area contributed by atoms with Gasteiger partial charge in [0.05, 0.1) is 23.6 Å². The van der Waals surface area contributed by atoms with Gasteiger partial charge in [0.2, 0.25) is 0 Å². The van der Waals surface area contributed by atoms with Gasteiger partial charge in [-0.2, -0.15) is 0 Å². The van der Waals surface area contributed by atoms with Crippen LogP contribution in [0.4, 0.5) is 4.79 Å². The van der Waals surface area contributed by atoms with Gasteiger partial charge in [-0.3, -0.25) is 9.36 Å². The molecule has 0 radical (unpaired) electrons. The van der Waals surface area contributed by atoms with Gasteiger partial charge >= 0.3 is 6.03 Å². The molecule has 0 unspecified atom stereocenters. The molecule has 3 aromatic heterocycles. The van der Waals surface area contributed by atoms with Crippen LogP contribution in [-0.4, -0.2) is 74.2 Å². The van der Waals surface area contributed by atoms with E-state index in [-0.39, 0.29) is 11.9 Å². The lowest BCUT2D eigenvalue weighted by molar-refractivity contribution is 0.0677. The predicted molar refractivity (Wildman–Crippen MR) is 182 cm³/mol. The van der Waals surface area contributed by atoms with E-state index in [1.165, 1.54) is 5.39 Å². The monoisotopic (exact) mass is 638 g/mol. The van der Waals surface area contributed by atoms with Crippen LogP contribution in [0.3, 0.4) is 0 Å². The third-order valence-electron chi connectivity index (χ3n) is 8.80. The quantitative estimate of drug-likeness (QED) is 0.144. The van der Waals surface area contributed by atoms with E-state index in [9.17, 15) is 9.59 Å². The minimum absolute atomic E-state index is 0.0313. The molecule has 0 aliphatic carbocycles. The first-order valence-electron chi connectivity index (χ1n) is 16.1. The lowest BCUT2D eigenvalue weighted by Gasteiger charge is -2.32. The van der Waals surface area contributed by atoms with Crippen LogP contribution < -0.4 is 0 Å². The van der Waals surface area contributed by atoms with E-state index in [4.69, 9.17) is 4.74 Å². The maximum atomic E-state index is 13.9. The van der Waals surface area contributed by atoms with E-state index >= 15 is 0 Å². The lowest BCUT2D eigenvalue weighted by Crippen LogP contribution is -2.39. The predicted octanol–water partition coefficient (Wildman–Crippen LogP) is 7.14. The SMILES string of the molecule is COCCCN(Cc1cncn1CC1CCN(C(=O)c2csc(C(C)C)n2)CC1)C(=O)n1ccc(-c2cccc3ccccc23)c1. The third kappa shape index (κ3) is 7.08. The smallest absolute Gasteiger partial charge is 0.328 e. The number of rotatable bonds is 11. The molecule has 0 spiro atoms. The number of hydrogen-bond donors (Lipinski definition) is 0. The van der Waals surface area contributed by atoms with Crippen molar-refractivity contribution in [1.29, 1.82) is 0 Å². The third-order valence-corrected chi connectivity index (χ3v) is 9.95. The Bertz CT molecular complexity index is 1780. The number of thiazole rings is 1. The van der Waals surface area contributed by atoms with E-state index in [0.29, 0.717) is 37.2 Å². The number of likely N-dealkylation sites (tertiary alicyclic amines) is 1. The Labute approximate surface area is 274 Å². The summed E-state index contributed by atoms with van der Waals surface area (Å²) in [6.07, 6.45) is 10.1. The van der Waals surface area contributed by atoms with Crippen LogP contribution in [0.2, 0.25) is 0 Å². The second kappa shape index (κ2) is 14.4. The molecule has 1 aliphatic heterocycles. The molecule has 1 saturated heterocycles. The van der Waals surface area contributed by atoms with E-state index in [1.54, 1.807) is 23.0 Å². The average Bonchev–Trinajstić information content (AvgIpc) is 3.86. The standard InChI is InChI=1S/C36H42N6O3S/c1-26(2)34-38-33(24-46-34)35(43)39-16-12-27(13-17-39)21-42-25-37-20-30(42)23-40(15-7-19-45-3)36(44)41-18-14-29(22-41)32-11-6-9-28-8-4-5-10-31(28)32/h4-6,8-11,14,18,20,22,24-27H,7,12-13,15-17,19,21,23H2,1-3H3. The number of methoxy groups -OCH3 is 1. The van der Waals surface area contributed by atoms with Crippen molar-refractivity contribution in [3.8, 4) is 11.1 Å². The van der Waals surface area contributed by atoms with Crippen LogP contribution in [-0.2, 0) is 17.8 Å².